The van der Waals surface area contributed by atoms with Crippen LogP contribution < -0.4 is 10.1 Å². The van der Waals surface area contributed by atoms with Gasteiger partial charge in [0.2, 0.25) is 0 Å². The summed E-state index contributed by atoms with van der Waals surface area (Å²) in [6.45, 7) is 1.76. The van der Waals surface area contributed by atoms with Gasteiger partial charge in [-0.1, -0.05) is 42.5 Å². The van der Waals surface area contributed by atoms with E-state index in [9.17, 15) is 4.79 Å². The van der Waals surface area contributed by atoms with Gasteiger partial charge in [0.1, 0.15) is 5.75 Å². The van der Waals surface area contributed by atoms with Crippen molar-refractivity contribution in [2.75, 3.05) is 19.0 Å². The zero-order chi connectivity index (χ0) is 18.8. The Hall–Kier alpha value is -3.34. The second-order valence-corrected chi connectivity index (χ2v) is 5.48. The van der Waals surface area contributed by atoms with Gasteiger partial charge in [-0.25, -0.2) is 0 Å². The van der Waals surface area contributed by atoms with Gasteiger partial charge in [-0.15, -0.1) is 0 Å². The van der Waals surface area contributed by atoms with Crippen LogP contribution in [-0.2, 0) is 9.53 Å². The molecule has 0 aliphatic heterocycles. The highest BCUT2D eigenvalue weighted by atomic mass is 16.5. The molecule has 0 saturated heterocycles. The van der Waals surface area contributed by atoms with Crippen LogP contribution in [0.2, 0.25) is 0 Å². The van der Waals surface area contributed by atoms with Crippen LogP contribution in [0, 0.1) is 12.3 Å². The van der Waals surface area contributed by atoms with Gasteiger partial charge in [0, 0.05) is 11.8 Å². The van der Waals surface area contributed by atoms with Crippen molar-refractivity contribution < 1.29 is 14.3 Å². The number of amides is 1. The van der Waals surface area contributed by atoms with Gasteiger partial charge < -0.3 is 20.2 Å². The first-order valence-corrected chi connectivity index (χ1v) is 8.13. The number of rotatable bonds is 8. The van der Waals surface area contributed by atoms with E-state index >= 15 is 0 Å². The van der Waals surface area contributed by atoms with Crippen molar-refractivity contribution >= 4 is 23.4 Å². The van der Waals surface area contributed by atoms with E-state index in [2.05, 4.69) is 5.32 Å². The van der Waals surface area contributed by atoms with Crippen LogP contribution in [0.1, 0.15) is 11.1 Å². The number of nitrogens with one attached hydrogen (secondary N) is 2. The smallest absolute Gasteiger partial charge is 0.262 e. The van der Waals surface area contributed by atoms with Crippen molar-refractivity contribution in [1.29, 1.82) is 5.41 Å². The van der Waals surface area contributed by atoms with Crippen molar-refractivity contribution in [1.82, 2.24) is 0 Å². The number of hydrogen-bond acceptors (Lipinski definition) is 4. The molecule has 0 unspecified atom stereocenters. The van der Waals surface area contributed by atoms with E-state index < -0.39 is 0 Å². The number of anilines is 1. The van der Waals surface area contributed by atoms with E-state index in [4.69, 9.17) is 14.9 Å². The quantitative estimate of drug-likeness (QED) is 0.426. The van der Waals surface area contributed by atoms with Crippen LogP contribution in [0.15, 0.2) is 66.9 Å². The molecule has 0 heterocycles. The first-order chi connectivity index (χ1) is 12.7. The maximum absolute atomic E-state index is 12.2. The molecule has 134 valence electrons. The lowest BCUT2D eigenvalue weighted by molar-refractivity contribution is -0.119. The first kappa shape index (κ1) is 19.0. The van der Waals surface area contributed by atoms with E-state index in [1.807, 2.05) is 49.4 Å². The lowest BCUT2D eigenvalue weighted by Crippen LogP contribution is -2.18. The number of carbonyl (C=O) groups is 1. The first-order valence-electron chi connectivity index (χ1n) is 8.13. The highest BCUT2D eigenvalue weighted by molar-refractivity contribution is 5.94. The van der Waals surface area contributed by atoms with Crippen molar-refractivity contribution in [3.63, 3.8) is 0 Å². The van der Waals surface area contributed by atoms with E-state index in [1.54, 1.807) is 25.3 Å². The zero-order valence-corrected chi connectivity index (χ0v) is 14.9. The Kier molecular flexibility index (Phi) is 7.18. The molecular formula is C21H22N2O3. The minimum Gasteiger partial charge on any atom is -0.495 e. The van der Waals surface area contributed by atoms with Gasteiger partial charge in [0.05, 0.1) is 19.1 Å². The third-order valence-electron chi connectivity index (χ3n) is 3.62. The van der Waals surface area contributed by atoms with Gasteiger partial charge in [-0.2, -0.15) is 0 Å². The summed E-state index contributed by atoms with van der Waals surface area (Å²) in [5.74, 6) is 0.324. The topological polar surface area (TPSA) is 71.4 Å². The summed E-state index contributed by atoms with van der Waals surface area (Å²) in [4.78, 5) is 12.2. The summed E-state index contributed by atoms with van der Waals surface area (Å²) in [6, 6.07) is 15.2. The summed E-state index contributed by atoms with van der Waals surface area (Å²) in [5, 5.41) is 9.95. The summed E-state index contributed by atoms with van der Waals surface area (Å²) in [5.41, 5.74) is 3.26. The third-order valence-corrected chi connectivity index (χ3v) is 3.62. The fourth-order valence-corrected chi connectivity index (χ4v) is 2.34. The molecule has 2 rings (SSSR count). The number of hydrogen-bond donors (Lipinski definition) is 2. The predicted octanol–water partition coefficient (Wildman–Crippen LogP) is 4.21. The highest BCUT2D eigenvalue weighted by Crippen LogP contribution is 2.27. The Balaban J connectivity index is 2.04. The minimum absolute atomic E-state index is 0.133. The second kappa shape index (κ2) is 9.84. The van der Waals surface area contributed by atoms with E-state index in [-0.39, 0.29) is 12.5 Å². The molecule has 0 aromatic heterocycles. The van der Waals surface area contributed by atoms with E-state index in [0.29, 0.717) is 11.4 Å². The fraction of sp³-hybridized carbons (Fsp3) is 0.143. The van der Waals surface area contributed by atoms with Crippen molar-refractivity contribution in [2.24, 2.45) is 0 Å². The van der Waals surface area contributed by atoms with Crippen LogP contribution in [0.5, 0.6) is 5.75 Å². The summed E-state index contributed by atoms with van der Waals surface area (Å²) >= 11 is 0. The van der Waals surface area contributed by atoms with Crippen molar-refractivity contribution in [3.05, 3.63) is 78.1 Å². The lowest BCUT2D eigenvalue weighted by Gasteiger charge is -2.12. The molecule has 1 amide bonds. The van der Waals surface area contributed by atoms with Crippen LogP contribution >= 0.6 is 0 Å². The molecule has 0 bridgehead atoms. The molecule has 0 aliphatic rings. The predicted molar refractivity (Wildman–Crippen MR) is 105 cm³/mol. The Morgan fingerprint density at radius 2 is 1.92 bits per heavy atom. The molecule has 26 heavy (non-hydrogen) atoms. The standard InChI is InChI=1S/C21H22N2O3/c1-16-8-6-12-19(25-2)21(16)23-20(24)15-26-14-18(11-7-13-22)17-9-4-3-5-10-17/h3-14,22H,15H2,1-2H3,(H,23,24)/b11-7-,18-14+,22-13?. The number of methoxy groups -OCH3 is 1. The number of para-hydroxylation sites is 1. The monoisotopic (exact) mass is 350 g/mol. The normalized spacial score (nSPS) is 11.2. The molecule has 0 fully saturated rings. The lowest BCUT2D eigenvalue weighted by atomic mass is 10.1. The Labute approximate surface area is 153 Å². The molecule has 0 saturated carbocycles. The average molecular weight is 350 g/mol. The Morgan fingerprint density at radius 3 is 2.62 bits per heavy atom. The molecule has 5 nitrogen and oxygen atoms in total. The number of carbonyl (C=O) groups excluding carboxylic acids is 1. The van der Waals surface area contributed by atoms with Crippen LogP contribution in [0.25, 0.3) is 5.57 Å². The van der Waals surface area contributed by atoms with Crippen LogP contribution in [0.3, 0.4) is 0 Å². The SMILES string of the molecule is COc1cccc(C)c1NC(=O)CO/C=C(\C=C/C=N)c1ccccc1. The van der Waals surface area contributed by atoms with Gasteiger partial charge in [-0.3, -0.25) is 4.79 Å². The summed E-state index contributed by atoms with van der Waals surface area (Å²) in [7, 11) is 1.56. The van der Waals surface area contributed by atoms with Gasteiger partial charge in [0.25, 0.3) is 5.91 Å². The highest BCUT2D eigenvalue weighted by Gasteiger charge is 2.10. The largest absolute Gasteiger partial charge is 0.495 e. The molecule has 0 atom stereocenters. The second-order valence-electron chi connectivity index (χ2n) is 5.48. The molecule has 5 heteroatoms. The van der Waals surface area contributed by atoms with Gasteiger partial charge >= 0.3 is 0 Å². The number of ether oxygens (including phenoxy) is 2. The number of aryl methyl sites for hydroxylation is 1. The maximum atomic E-state index is 12.2. The molecular weight excluding hydrogens is 328 g/mol. The molecule has 2 aromatic carbocycles. The van der Waals surface area contributed by atoms with E-state index in [0.717, 1.165) is 16.7 Å². The summed E-state index contributed by atoms with van der Waals surface area (Å²) in [6.07, 6.45) is 6.06. The molecule has 0 spiro atoms. The average Bonchev–Trinajstić information content (AvgIpc) is 2.66. The molecule has 2 N–H and O–H groups in total. The van der Waals surface area contributed by atoms with Crippen LogP contribution in [-0.4, -0.2) is 25.8 Å². The Bertz CT molecular complexity index is 811. The summed E-state index contributed by atoms with van der Waals surface area (Å²) < 4.78 is 10.7. The van der Waals surface area contributed by atoms with E-state index in [1.165, 1.54) is 12.5 Å². The van der Waals surface area contributed by atoms with Crippen LogP contribution in [0.4, 0.5) is 5.69 Å². The number of benzene rings is 2. The third kappa shape index (κ3) is 5.34. The molecule has 0 radical (unpaired) electrons. The molecule has 0 aliphatic carbocycles. The minimum atomic E-state index is -0.280. The fourth-order valence-electron chi connectivity index (χ4n) is 2.34. The Morgan fingerprint density at radius 1 is 1.15 bits per heavy atom. The van der Waals surface area contributed by atoms with Crippen molar-refractivity contribution in [3.8, 4) is 5.75 Å². The maximum Gasteiger partial charge on any atom is 0.262 e. The van der Waals surface area contributed by atoms with Crippen molar-refractivity contribution in [2.45, 2.75) is 6.92 Å². The van der Waals surface area contributed by atoms with Gasteiger partial charge in [-0.05, 0) is 36.3 Å². The molecule has 2 aromatic rings. The van der Waals surface area contributed by atoms with Gasteiger partial charge in [0.15, 0.2) is 6.61 Å². The number of allylic oxidation sites excluding steroid dienone is 3. The zero-order valence-electron chi connectivity index (χ0n) is 14.9.